The van der Waals surface area contributed by atoms with Crippen LogP contribution in [0.5, 0.6) is 0 Å². The van der Waals surface area contributed by atoms with Crippen LogP contribution in [0.2, 0.25) is 0 Å². The first-order chi connectivity index (χ1) is 7.66. The van der Waals surface area contributed by atoms with Crippen molar-refractivity contribution in [2.75, 3.05) is 0 Å². The summed E-state index contributed by atoms with van der Waals surface area (Å²) >= 11 is 0. The second-order valence-electron chi connectivity index (χ2n) is 3.88. The quantitative estimate of drug-likeness (QED) is 0.715. The number of carbonyl (C=O) groups is 1. The predicted octanol–water partition coefficient (Wildman–Crippen LogP) is 2.93. The lowest BCUT2D eigenvalue weighted by atomic mass is 10.0. The predicted molar refractivity (Wildman–Crippen MR) is 63.6 cm³/mol. The molecule has 0 fully saturated rings. The van der Waals surface area contributed by atoms with Crippen molar-refractivity contribution in [1.29, 1.82) is 0 Å². The Bertz CT molecular complexity index is 484. The van der Waals surface area contributed by atoms with Crippen LogP contribution < -0.4 is 0 Å². The van der Waals surface area contributed by atoms with Crippen molar-refractivity contribution in [3.8, 4) is 0 Å². The Balaban J connectivity index is 2.39. The molecule has 0 spiro atoms. The van der Waals surface area contributed by atoms with Gasteiger partial charge in [-0.3, -0.25) is 9.78 Å². The number of benzene rings is 1. The Kier molecular flexibility index (Phi) is 2.82. The number of aromatic nitrogens is 1. The largest absolute Gasteiger partial charge is 0.289 e. The van der Waals surface area contributed by atoms with Gasteiger partial charge in [-0.15, -0.1) is 0 Å². The molecule has 2 aromatic rings. The Hall–Kier alpha value is -1.96. The first kappa shape index (κ1) is 10.6. The Morgan fingerprint density at radius 3 is 2.50 bits per heavy atom. The van der Waals surface area contributed by atoms with Crippen molar-refractivity contribution in [1.82, 2.24) is 4.98 Å². The lowest BCUT2D eigenvalue weighted by molar-refractivity contribution is 0.103. The van der Waals surface area contributed by atoms with E-state index in [0.29, 0.717) is 5.56 Å². The van der Waals surface area contributed by atoms with E-state index in [1.807, 2.05) is 44.2 Å². The highest BCUT2D eigenvalue weighted by Gasteiger charge is 2.08. The van der Waals surface area contributed by atoms with Crippen molar-refractivity contribution in [2.24, 2.45) is 0 Å². The normalized spacial score (nSPS) is 10.1. The summed E-state index contributed by atoms with van der Waals surface area (Å²) < 4.78 is 0. The summed E-state index contributed by atoms with van der Waals surface area (Å²) in [5, 5.41) is 0. The highest BCUT2D eigenvalue weighted by molar-refractivity contribution is 6.09. The molecular formula is C14H13NO. The zero-order chi connectivity index (χ0) is 11.5. The molecule has 80 valence electrons. The molecule has 2 heteroatoms. The smallest absolute Gasteiger partial charge is 0.193 e. The van der Waals surface area contributed by atoms with Gasteiger partial charge in [0.25, 0.3) is 0 Å². The summed E-state index contributed by atoms with van der Waals surface area (Å²) in [6, 6.07) is 11.2. The number of hydrogen-bond donors (Lipinski definition) is 0. The van der Waals surface area contributed by atoms with Gasteiger partial charge in [0.05, 0.1) is 0 Å². The Morgan fingerprint density at radius 1 is 1.06 bits per heavy atom. The summed E-state index contributed by atoms with van der Waals surface area (Å²) in [6.07, 6.45) is 1.67. The number of aryl methyl sites for hydroxylation is 2. The molecule has 1 aromatic heterocycles. The number of nitrogens with zero attached hydrogens (tertiary/aromatic N) is 1. The van der Waals surface area contributed by atoms with Crippen molar-refractivity contribution >= 4 is 5.78 Å². The van der Waals surface area contributed by atoms with Crippen molar-refractivity contribution < 1.29 is 4.79 Å². The second kappa shape index (κ2) is 4.27. The first-order valence-corrected chi connectivity index (χ1v) is 5.21. The maximum Gasteiger partial charge on any atom is 0.193 e. The molecule has 0 radical (unpaired) electrons. The summed E-state index contributed by atoms with van der Waals surface area (Å²) in [5.74, 6) is 0.0502. The van der Waals surface area contributed by atoms with Gasteiger partial charge in [0.1, 0.15) is 0 Å². The molecule has 0 atom stereocenters. The summed E-state index contributed by atoms with van der Waals surface area (Å²) in [4.78, 5) is 16.2. The first-order valence-electron chi connectivity index (χ1n) is 5.21. The summed E-state index contributed by atoms with van der Waals surface area (Å²) in [6.45, 7) is 3.86. The van der Waals surface area contributed by atoms with Crippen molar-refractivity contribution in [3.63, 3.8) is 0 Å². The van der Waals surface area contributed by atoms with Crippen molar-refractivity contribution in [2.45, 2.75) is 13.8 Å². The van der Waals surface area contributed by atoms with Crippen LogP contribution in [0.15, 0.2) is 42.6 Å². The van der Waals surface area contributed by atoms with Crippen LogP contribution in [0.25, 0.3) is 0 Å². The average Bonchev–Trinajstić information content (AvgIpc) is 2.28. The molecule has 0 saturated carbocycles. The topological polar surface area (TPSA) is 30.0 Å². The van der Waals surface area contributed by atoms with Gasteiger partial charge in [-0.25, -0.2) is 0 Å². The van der Waals surface area contributed by atoms with E-state index in [1.54, 1.807) is 12.3 Å². The molecular weight excluding hydrogens is 198 g/mol. The third-order valence-electron chi connectivity index (χ3n) is 2.44. The third-order valence-corrected chi connectivity index (χ3v) is 2.44. The molecule has 1 heterocycles. The van der Waals surface area contributed by atoms with Crippen LogP contribution in [-0.2, 0) is 0 Å². The molecule has 0 unspecified atom stereocenters. The van der Waals surface area contributed by atoms with E-state index in [-0.39, 0.29) is 5.78 Å². The number of ketones is 1. The minimum atomic E-state index is 0.0502. The number of pyridine rings is 1. The average molecular weight is 211 g/mol. The minimum Gasteiger partial charge on any atom is -0.289 e. The molecule has 0 aliphatic rings. The van der Waals surface area contributed by atoms with E-state index in [9.17, 15) is 4.79 Å². The second-order valence-corrected chi connectivity index (χ2v) is 3.88. The van der Waals surface area contributed by atoms with Gasteiger partial charge in [0.2, 0.25) is 0 Å². The maximum atomic E-state index is 12.1. The fourth-order valence-corrected chi connectivity index (χ4v) is 1.64. The van der Waals surface area contributed by atoms with Gasteiger partial charge >= 0.3 is 0 Å². The molecule has 1 aromatic carbocycles. The van der Waals surface area contributed by atoms with Crippen LogP contribution in [0.1, 0.15) is 27.2 Å². The van der Waals surface area contributed by atoms with E-state index < -0.39 is 0 Å². The Labute approximate surface area is 95.0 Å². The van der Waals surface area contributed by atoms with Gasteiger partial charge in [0, 0.05) is 23.0 Å². The van der Waals surface area contributed by atoms with Crippen LogP contribution in [0.3, 0.4) is 0 Å². The highest BCUT2D eigenvalue weighted by Crippen LogP contribution is 2.11. The third kappa shape index (κ3) is 2.16. The summed E-state index contributed by atoms with van der Waals surface area (Å²) in [5.41, 5.74) is 3.37. The molecule has 0 aliphatic carbocycles. The van der Waals surface area contributed by atoms with Crippen LogP contribution in [-0.4, -0.2) is 10.8 Å². The monoisotopic (exact) mass is 211 g/mol. The van der Waals surface area contributed by atoms with Crippen LogP contribution in [0, 0.1) is 13.8 Å². The van der Waals surface area contributed by atoms with Crippen LogP contribution >= 0.6 is 0 Å². The minimum absolute atomic E-state index is 0.0502. The van der Waals surface area contributed by atoms with Gasteiger partial charge in [-0.2, -0.15) is 0 Å². The fourth-order valence-electron chi connectivity index (χ4n) is 1.64. The van der Waals surface area contributed by atoms with E-state index in [1.165, 1.54) is 0 Å². The van der Waals surface area contributed by atoms with Gasteiger partial charge in [-0.05, 0) is 32.0 Å². The van der Waals surface area contributed by atoms with E-state index in [4.69, 9.17) is 0 Å². The summed E-state index contributed by atoms with van der Waals surface area (Å²) in [7, 11) is 0. The van der Waals surface area contributed by atoms with Gasteiger partial charge in [-0.1, -0.05) is 23.8 Å². The standard InChI is InChI=1S/C14H13NO/c1-10-4-3-5-12(8-10)14(16)13-6-7-15-11(2)9-13/h3-9H,1-2H3. The molecule has 0 amide bonds. The number of hydrogen-bond acceptors (Lipinski definition) is 2. The van der Waals surface area contributed by atoms with E-state index in [0.717, 1.165) is 16.8 Å². The SMILES string of the molecule is Cc1cccc(C(=O)c2ccnc(C)c2)c1. The Morgan fingerprint density at radius 2 is 1.81 bits per heavy atom. The fraction of sp³-hybridized carbons (Fsp3) is 0.143. The molecule has 2 nitrogen and oxygen atoms in total. The van der Waals surface area contributed by atoms with Gasteiger partial charge < -0.3 is 0 Å². The lowest BCUT2D eigenvalue weighted by Gasteiger charge is -2.02. The molecule has 16 heavy (non-hydrogen) atoms. The number of rotatable bonds is 2. The van der Waals surface area contributed by atoms with Crippen LogP contribution in [0.4, 0.5) is 0 Å². The number of carbonyl (C=O) groups excluding carboxylic acids is 1. The molecule has 0 N–H and O–H groups in total. The maximum absolute atomic E-state index is 12.1. The molecule has 0 aliphatic heterocycles. The molecule has 2 rings (SSSR count). The lowest BCUT2D eigenvalue weighted by Crippen LogP contribution is -2.02. The molecule has 0 bridgehead atoms. The zero-order valence-electron chi connectivity index (χ0n) is 9.40. The molecule has 0 saturated heterocycles. The van der Waals surface area contributed by atoms with E-state index >= 15 is 0 Å². The van der Waals surface area contributed by atoms with Crippen molar-refractivity contribution in [3.05, 3.63) is 65.0 Å². The van der Waals surface area contributed by atoms with Gasteiger partial charge in [0.15, 0.2) is 5.78 Å². The van der Waals surface area contributed by atoms with E-state index in [2.05, 4.69) is 4.98 Å². The zero-order valence-corrected chi connectivity index (χ0v) is 9.40. The highest BCUT2D eigenvalue weighted by atomic mass is 16.1.